The Labute approximate surface area is 167 Å². The molecule has 2 N–H and O–H groups in total. The van der Waals surface area contributed by atoms with Crippen molar-refractivity contribution in [1.82, 2.24) is 0 Å². The van der Waals surface area contributed by atoms with Gasteiger partial charge < -0.3 is 19.7 Å². The summed E-state index contributed by atoms with van der Waals surface area (Å²) in [6.45, 7) is 0.0818. The molecule has 0 aromatic heterocycles. The number of ether oxygens (including phenoxy) is 2. The summed E-state index contributed by atoms with van der Waals surface area (Å²) >= 11 is 0. The van der Waals surface area contributed by atoms with E-state index < -0.39 is 11.6 Å². The number of ketones is 1. The second kappa shape index (κ2) is 8.93. The summed E-state index contributed by atoms with van der Waals surface area (Å²) in [7, 11) is 1.52. The number of methoxy groups -OCH3 is 1. The predicted molar refractivity (Wildman–Crippen MR) is 107 cm³/mol. The van der Waals surface area contributed by atoms with E-state index >= 15 is 0 Å². The standard InChI is InChI=1S/C23H19FO5/c1-28-22-11-7-15(6-10-20(26)18-9-8-17(25)13-21(18)27)12-16(22)14-29-23-5-3-2-4-19(23)24/h2-13,25,27H,14H2,1H3/b10-6+. The first kappa shape index (κ1) is 19.9. The third kappa shape index (κ3) is 4.93. The molecule has 5 nitrogen and oxygen atoms in total. The molecule has 0 spiro atoms. The lowest BCUT2D eigenvalue weighted by Crippen LogP contribution is -2.00. The Morgan fingerprint density at radius 3 is 2.55 bits per heavy atom. The van der Waals surface area contributed by atoms with E-state index in [2.05, 4.69) is 0 Å². The summed E-state index contributed by atoms with van der Waals surface area (Å²) in [4.78, 5) is 12.3. The molecule has 29 heavy (non-hydrogen) atoms. The summed E-state index contributed by atoms with van der Waals surface area (Å²) < 4.78 is 24.6. The number of phenols is 2. The lowest BCUT2D eigenvalue weighted by Gasteiger charge is -2.11. The van der Waals surface area contributed by atoms with Gasteiger partial charge in [-0.15, -0.1) is 0 Å². The molecule has 0 heterocycles. The van der Waals surface area contributed by atoms with Crippen molar-refractivity contribution in [1.29, 1.82) is 0 Å². The largest absolute Gasteiger partial charge is 0.508 e. The molecule has 0 bridgehead atoms. The fraction of sp³-hybridized carbons (Fsp3) is 0.0870. The smallest absolute Gasteiger partial charge is 0.189 e. The maximum absolute atomic E-state index is 13.7. The van der Waals surface area contributed by atoms with Crippen LogP contribution in [-0.2, 0) is 6.61 Å². The molecule has 6 heteroatoms. The van der Waals surface area contributed by atoms with Crippen LogP contribution >= 0.6 is 0 Å². The van der Waals surface area contributed by atoms with Gasteiger partial charge in [0.25, 0.3) is 0 Å². The van der Waals surface area contributed by atoms with Gasteiger partial charge in [0.05, 0.1) is 12.7 Å². The average molecular weight is 394 g/mol. The van der Waals surface area contributed by atoms with E-state index in [9.17, 15) is 19.4 Å². The lowest BCUT2D eigenvalue weighted by molar-refractivity contribution is 0.104. The first-order valence-electron chi connectivity index (χ1n) is 8.76. The minimum atomic E-state index is -0.457. The van der Waals surface area contributed by atoms with Crippen LogP contribution in [0.1, 0.15) is 21.5 Å². The molecule has 0 aliphatic heterocycles. The summed E-state index contributed by atoms with van der Waals surface area (Å²) in [5.74, 6) is -0.593. The molecule has 0 unspecified atom stereocenters. The number of allylic oxidation sites excluding steroid dienone is 1. The third-order valence-corrected chi connectivity index (χ3v) is 4.20. The minimum absolute atomic E-state index is 0.0793. The Balaban J connectivity index is 1.78. The number of aromatic hydroxyl groups is 2. The van der Waals surface area contributed by atoms with E-state index in [1.165, 1.54) is 37.5 Å². The molecule has 0 saturated carbocycles. The van der Waals surface area contributed by atoms with E-state index in [-0.39, 0.29) is 29.4 Å². The topological polar surface area (TPSA) is 76.0 Å². The maximum atomic E-state index is 13.7. The molecule has 0 aliphatic rings. The fourth-order valence-corrected chi connectivity index (χ4v) is 2.72. The fourth-order valence-electron chi connectivity index (χ4n) is 2.72. The Hall–Kier alpha value is -3.80. The number of hydrogen-bond acceptors (Lipinski definition) is 5. The van der Waals surface area contributed by atoms with Crippen LogP contribution < -0.4 is 9.47 Å². The first-order chi connectivity index (χ1) is 14.0. The summed E-state index contributed by atoms with van der Waals surface area (Å²) in [5, 5.41) is 19.1. The first-order valence-corrected chi connectivity index (χ1v) is 8.76. The van der Waals surface area contributed by atoms with E-state index in [1.54, 1.807) is 36.4 Å². The number of phenolic OH excluding ortho intramolecular Hbond substituents is 2. The molecule has 148 valence electrons. The van der Waals surface area contributed by atoms with Crippen LogP contribution in [0.25, 0.3) is 6.08 Å². The quantitative estimate of drug-likeness (QED) is 0.448. The average Bonchev–Trinajstić information content (AvgIpc) is 2.71. The van der Waals surface area contributed by atoms with Gasteiger partial charge >= 0.3 is 0 Å². The van der Waals surface area contributed by atoms with Crippen molar-refractivity contribution in [3.8, 4) is 23.0 Å². The monoisotopic (exact) mass is 394 g/mol. The van der Waals surface area contributed by atoms with Crippen molar-refractivity contribution in [3.63, 3.8) is 0 Å². The van der Waals surface area contributed by atoms with Gasteiger partial charge in [-0.2, -0.15) is 0 Å². The van der Waals surface area contributed by atoms with E-state index in [0.717, 1.165) is 6.07 Å². The zero-order chi connectivity index (χ0) is 20.8. The summed E-state index contributed by atoms with van der Waals surface area (Å²) in [6, 6.07) is 15.1. The van der Waals surface area contributed by atoms with Gasteiger partial charge in [0, 0.05) is 11.6 Å². The molecule has 0 aliphatic carbocycles. The van der Waals surface area contributed by atoms with Crippen molar-refractivity contribution in [2.75, 3.05) is 7.11 Å². The molecule has 3 aromatic carbocycles. The Kier molecular flexibility index (Phi) is 6.14. The molecule has 0 radical (unpaired) electrons. The molecule has 3 aromatic rings. The molecule has 3 rings (SSSR count). The van der Waals surface area contributed by atoms with Crippen molar-refractivity contribution in [2.45, 2.75) is 6.61 Å². The third-order valence-electron chi connectivity index (χ3n) is 4.20. The van der Waals surface area contributed by atoms with Crippen LogP contribution in [-0.4, -0.2) is 23.1 Å². The number of carbonyl (C=O) groups excluding carboxylic acids is 1. The van der Waals surface area contributed by atoms with Crippen LogP contribution in [0, 0.1) is 5.82 Å². The van der Waals surface area contributed by atoms with Gasteiger partial charge in [0.1, 0.15) is 23.9 Å². The molecular weight excluding hydrogens is 375 g/mol. The highest BCUT2D eigenvalue weighted by Gasteiger charge is 2.10. The lowest BCUT2D eigenvalue weighted by atomic mass is 10.1. The van der Waals surface area contributed by atoms with Gasteiger partial charge in [-0.1, -0.05) is 24.3 Å². The van der Waals surface area contributed by atoms with Crippen molar-refractivity contribution >= 4 is 11.9 Å². The van der Waals surface area contributed by atoms with Crippen molar-refractivity contribution in [3.05, 3.63) is 89.2 Å². The van der Waals surface area contributed by atoms with Gasteiger partial charge in [-0.05, 0) is 48.0 Å². The van der Waals surface area contributed by atoms with Crippen molar-refractivity contribution in [2.24, 2.45) is 0 Å². The zero-order valence-corrected chi connectivity index (χ0v) is 15.6. The predicted octanol–water partition coefficient (Wildman–Crippen LogP) is 4.72. The number of rotatable bonds is 7. The molecule has 0 atom stereocenters. The second-order valence-electron chi connectivity index (χ2n) is 6.19. The minimum Gasteiger partial charge on any atom is -0.508 e. The van der Waals surface area contributed by atoms with Gasteiger partial charge in [-0.3, -0.25) is 4.79 Å². The number of benzene rings is 3. The maximum Gasteiger partial charge on any atom is 0.189 e. The van der Waals surface area contributed by atoms with Crippen LogP contribution in [0.15, 0.2) is 66.7 Å². The molecule has 0 saturated heterocycles. The van der Waals surface area contributed by atoms with Crippen LogP contribution in [0.5, 0.6) is 23.0 Å². The van der Waals surface area contributed by atoms with Crippen LogP contribution in [0.4, 0.5) is 4.39 Å². The summed E-state index contributed by atoms with van der Waals surface area (Å²) in [5.41, 5.74) is 1.46. The van der Waals surface area contributed by atoms with Crippen LogP contribution in [0.3, 0.4) is 0 Å². The van der Waals surface area contributed by atoms with E-state index in [1.807, 2.05) is 0 Å². The number of carbonyl (C=O) groups is 1. The normalized spacial score (nSPS) is 10.8. The van der Waals surface area contributed by atoms with Crippen molar-refractivity contribution < 1.29 is 28.9 Å². The molecule has 0 fully saturated rings. The SMILES string of the molecule is COc1ccc(/C=C/C(=O)c2ccc(O)cc2O)cc1COc1ccccc1F. The highest BCUT2D eigenvalue weighted by atomic mass is 19.1. The van der Waals surface area contributed by atoms with Crippen LogP contribution in [0.2, 0.25) is 0 Å². The number of halogens is 1. The molecular formula is C23H19FO5. The summed E-state index contributed by atoms with van der Waals surface area (Å²) in [6.07, 6.45) is 2.90. The highest BCUT2D eigenvalue weighted by Crippen LogP contribution is 2.25. The van der Waals surface area contributed by atoms with E-state index in [0.29, 0.717) is 16.9 Å². The second-order valence-corrected chi connectivity index (χ2v) is 6.19. The Morgan fingerprint density at radius 2 is 1.83 bits per heavy atom. The van der Waals surface area contributed by atoms with Gasteiger partial charge in [0.15, 0.2) is 17.3 Å². The molecule has 0 amide bonds. The number of para-hydroxylation sites is 1. The van der Waals surface area contributed by atoms with Gasteiger partial charge in [-0.25, -0.2) is 4.39 Å². The zero-order valence-electron chi connectivity index (χ0n) is 15.6. The Morgan fingerprint density at radius 1 is 1.03 bits per heavy atom. The van der Waals surface area contributed by atoms with Gasteiger partial charge in [0.2, 0.25) is 0 Å². The Bertz CT molecular complexity index is 1060. The number of hydrogen-bond donors (Lipinski definition) is 2. The van der Waals surface area contributed by atoms with E-state index in [4.69, 9.17) is 9.47 Å². The highest BCUT2D eigenvalue weighted by molar-refractivity contribution is 6.08.